The number of aromatic nitrogens is 1. The van der Waals surface area contributed by atoms with Crippen LogP contribution in [0.25, 0.3) is 0 Å². The van der Waals surface area contributed by atoms with Gasteiger partial charge in [0, 0.05) is 38.4 Å². The monoisotopic (exact) mass is 355 g/mol. The first-order chi connectivity index (χ1) is 12.8. The Labute approximate surface area is 152 Å². The number of carbonyl (C=O) groups is 1. The minimum Gasteiger partial charge on any atom is -0.497 e. The molecule has 4 rings (SSSR count). The van der Waals surface area contributed by atoms with Gasteiger partial charge in [-0.15, -0.1) is 0 Å². The Morgan fingerprint density at radius 1 is 1.12 bits per heavy atom. The quantitative estimate of drug-likeness (QED) is 0.837. The first-order valence-corrected chi connectivity index (χ1v) is 8.69. The van der Waals surface area contributed by atoms with Crippen molar-refractivity contribution in [3.63, 3.8) is 0 Å². The van der Waals surface area contributed by atoms with Crippen molar-refractivity contribution in [2.45, 2.75) is 0 Å². The summed E-state index contributed by atoms with van der Waals surface area (Å²) in [6.45, 7) is 3.67. The Morgan fingerprint density at radius 3 is 2.73 bits per heavy atom. The van der Waals surface area contributed by atoms with Crippen molar-refractivity contribution < 1.29 is 19.0 Å². The molecule has 1 fully saturated rings. The number of benzene rings is 1. The van der Waals surface area contributed by atoms with Crippen molar-refractivity contribution in [1.29, 1.82) is 0 Å². The first kappa shape index (κ1) is 16.5. The predicted molar refractivity (Wildman–Crippen MR) is 96.3 cm³/mol. The summed E-state index contributed by atoms with van der Waals surface area (Å²) >= 11 is 0. The molecular formula is C19H21N3O4. The number of rotatable bonds is 3. The highest BCUT2D eigenvalue weighted by atomic mass is 16.6. The minimum absolute atomic E-state index is 0.0226. The number of nitrogens with zero attached hydrogens (tertiary/aromatic N) is 3. The molecule has 7 nitrogen and oxygen atoms in total. The van der Waals surface area contributed by atoms with E-state index in [2.05, 4.69) is 9.88 Å². The van der Waals surface area contributed by atoms with E-state index in [1.165, 1.54) is 0 Å². The highest BCUT2D eigenvalue weighted by Crippen LogP contribution is 2.34. The molecule has 7 heteroatoms. The van der Waals surface area contributed by atoms with Crippen molar-refractivity contribution in [1.82, 2.24) is 9.88 Å². The van der Waals surface area contributed by atoms with E-state index in [-0.39, 0.29) is 5.91 Å². The van der Waals surface area contributed by atoms with Gasteiger partial charge in [0.2, 0.25) is 0 Å². The van der Waals surface area contributed by atoms with Gasteiger partial charge in [0.05, 0.1) is 12.7 Å². The summed E-state index contributed by atoms with van der Waals surface area (Å²) in [6.07, 6.45) is 1.74. The molecule has 3 heterocycles. The van der Waals surface area contributed by atoms with Gasteiger partial charge in [-0.05, 0) is 18.2 Å². The minimum atomic E-state index is -0.0226. The van der Waals surface area contributed by atoms with E-state index in [0.717, 1.165) is 24.7 Å². The molecule has 0 N–H and O–H groups in total. The van der Waals surface area contributed by atoms with Gasteiger partial charge in [0.25, 0.3) is 5.91 Å². The second kappa shape index (κ2) is 7.11. The Bertz CT molecular complexity index is 803. The van der Waals surface area contributed by atoms with E-state index >= 15 is 0 Å². The number of hydrogen-bond acceptors (Lipinski definition) is 6. The maximum Gasteiger partial charge on any atom is 0.257 e. The third-order valence-corrected chi connectivity index (χ3v) is 4.64. The van der Waals surface area contributed by atoms with Crippen molar-refractivity contribution in [2.24, 2.45) is 0 Å². The normalized spacial score (nSPS) is 16.3. The summed E-state index contributed by atoms with van der Waals surface area (Å²) in [5.74, 6) is 2.82. The van der Waals surface area contributed by atoms with Gasteiger partial charge in [-0.25, -0.2) is 4.98 Å². The van der Waals surface area contributed by atoms with E-state index in [4.69, 9.17) is 14.2 Å². The zero-order valence-corrected chi connectivity index (χ0v) is 14.7. The fourth-order valence-electron chi connectivity index (χ4n) is 3.25. The molecule has 2 aromatic rings. The standard InChI is InChI=1S/C19H21N3O4/c1-24-14-5-6-20-17(13-14)21-7-9-22(10-8-21)19(23)15-3-2-4-16-18(15)26-12-11-25-16/h2-6,13H,7-12H2,1H3. The van der Waals surface area contributed by atoms with Crippen LogP contribution in [0.5, 0.6) is 17.2 Å². The summed E-state index contributed by atoms with van der Waals surface area (Å²) < 4.78 is 16.5. The Balaban J connectivity index is 1.46. The molecule has 1 aromatic heterocycles. The molecule has 0 atom stereocenters. The number of para-hydroxylation sites is 1. The van der Waals surface area contributed by atoms with Gasteiger partial charge >= 0.3 is 0 Å². The van der Waals surface area contributed by atoms with Gasteiger partial charge < -0.3 is 24.0 Å². The van der Waals surface area contributed by atoms with Gasteiger partial charge in [-0.3, -0.25) is 4.79 Å². The van der Waals surface area contributed by atoms with Gasteiger partial charge in [-0.2, -0.15) is 0 Å². The van der Waals surface area contributed by atoms with E-state index in [9.17, 15) is 4.79 Å². The molecule has 0 unspecified atom stereocenters. The number of carbonyl (C=O) groups excluding carboxylic acids is 1. The second-order valence-electron chi connectivity index (χ2n) is 6.16. The van der Waals surface area contributed by atoms with E-state index in [0.29, 0.717) is 43.4 Å². The molecule has 1 amide bonds. The van der Waals surface area contributed by atoms with Crippen molar-refractivity contribution >= 4 is 11.7 Å². The van der Waals surface area contributed by atoms with Crippen LogP contribution >= 0.6 is 0 Å². The molecule has 2 aliphatic heterocycles. The lowest BCUT2D eigenvalue weighted by molar-refractivity contribution is 0.0736. The zero-order valence-electron chi connectivity index (χ0n) is 14.7. The van der Waals surface area contributed by atoms with Crippen molar-refractivity contribution in [3.05, 3.63) is 42.1 Å². The van der Waals surface area contributed by atoms with Crippen molar-refractivity contribution in [3.8, 4) is 17.2 Å². The van der Waals surface area contributed by atoms with Crippen LogP contribution in [-0.2, 0) is 0 Å². The SMILES string of the molecule is COc1ccnc(N2CCN(C(=O)c3cccc4c3OCCO4)CC2)c1. The number of pyridine rings is 1. The number of methoxy groups -OCH3 is 1. The molecule has 1 saturated heterocycles. The number of amides is 1. The van der Waals surface area contributed by atoms with Crippen LogP contribution in [0, 0.1) is 0 Å². The third-order valence-electron chi connectivity index (χ3n) is 4.64. The Morgan fingerprint density at radius 2 is 1.92 bits per heavy atom. The van der Waals surface area contributed by atoms with Gasteiger partial charge in [0.15, 0.2) is 11.5 Å². The third kappa shape index (κ3) is 3.12. The molecule has 0 radical (unpaired) electrons. The highest BCUT2D eigenvalue weighted by Gasteiger charge is 2.27. The molecule has 0 aliphatic carbocycles. The lowest BCUT2D eigenvalue weighted by Crippen LogP contribution is -2.49. The topological polar surface area (TPSA) is 64.1 Å². The zero-order chi connectivity index (χ0) is 17.9. The number of anilines is 1. The smallest absolute Gasteiger partial charge is 0.257 e. The van der Waals surface area contributed by atoms with Crippen LogP contribution < -0.4 is 19.1 Å². The molecule has 26 heavy (non-hydrogen) atoms. The largest absolute Gasteiger partial charge is 0.497 e. The average Bonchev–Trinajstić information content (AvgIpc) is 2.73. The summed E-state index contributed by atoms with van der Waals surface area (Å²) in [7, 11) is 1.64. The van der Waals surface area contributed by atoms with Gasteiger partial charge in [-0.1, -0.05) is 6.07 Å². The number of hydrogen-bond donors (Lipinski definition) is 0. The Kier molecular flexibility index (Phi) is 4.51. The first-order valence-electron chi connectivity index (χ1n) is 8.69. The number of fused-ring (bicyclic) bond motifs is 1. The number of piperazine rings is 1. The fraction of sp³-hybridized carbons (Fsp3) is 0.368. The van der Waals surface area contributed by atoms with Crippen molar-refractivity contribution in [2.75, 3.05) is 51.4 Å². The molecular weight excluding hydrogens is 334 g/mol. The molecule has 2 aliphatic rings. The predicted octanol–water partition coefficient (Wildman–Crippen LogP) is 1.82. The van der Waals surface area contributed by atoms with Crippen LogP contribution in [0.2, 0.25) is 0 Å². The summed E-state index contributed by atoms with van der Waals surface area (Å²) in [5, 5.41) is 0. The highest BCUT2D eigenvalue weighted by molar-refractivity contribution is 5.98. The summed E-state index contributed by atoms with van der Waals surface area (Å²) in [5.41, 5.74) is 0.565. The van der Waals surface area contributed by atoms with Crippen LogP contribution in [0.15, 0.2) is 36.5 Å². The summed E-state index contributed by atoms with van der Waals surface area (Å²) in [4.78, 5) is 21.4. The molecule has 0 bridgehead atoms. The van der Waals surface area contributed by atoms with E-state index < -0.39 is 0 Å². The lowest BCUT2D eigenvalue weighted by atomic mass is 10.1. The van der Waals surface area contributed by atoms with Crippen LogP contribution in [0.1, 0.15) is 10.4 Å². The molecule has 1 aromatic carbocycles. The fourth-order valence-corrected chi connectivity index (χ4v) is 3.25. The number of ether oxygens (including phenoxy) is 3. The van der Waals surface area contributed by atoms with Crippen LogP contribution in [-0.4, -0.2) is 62.3 Å². The molecule has 0 saturated carbocycles. The van der Waals surface area contributed by atoms with Gasteiger partial charge in [0.1, 0.15) is 24.8 Å². The lowest BCUT2D eigenvalue weighted by Gasteiger charge is -2.36. The Hall–Kier alpha value is -2.96. The maximum atomic E-state index is 13.0. The molecule has 136 valence electrons. The van der Waals surface area contributed by atoms with Crippen LogP contribution in [0.4, 0.5) is 5.82 Å². The molecule has 0 spiro atoms. The average molecular weight is 355 g/mol. The van der Waals surface area contributed by atoms with Crippen LogP contribution in [0.3, 0.4) is 0 Å². The summed E-state index contributed by atoms with van der Waals surface area (Å²) in [6, 6.07) is 9.20. The second-order valence-corrected chi connectivity index (χ2v) is 6.16. The van der Waals surface area contributed by atoms with E-state index in [1.54, 1.807) is 19.4 Å². The maximum absolute atomic E-state index is 13.0. The van der Waals surface area contributed by atoms with E-state index in [1.807, 2.05) is 29.2 Å².